The van der Waals surface area contributed by atoms with Crippen LogP contribution in [-0.4, -0.2) is 44.0 Å². The van der Waals surface area contributed by atoms with E-state index in [1.165, 1.54) is 0 Å². The van der Waals surface area contributed by atoms with Gasteiger partial charge in [-0.2, -0.15) is 0 Å². The zero-order chi connectivity index (χ0) is 15.2. The lowest BCUT2D eigenvalue weighted by atomic mass is 9.94. The van der Waals surface area contributed by atoms with Crippen LogP contribution in [0.15, 0.2) is 24.3 Å². The molecule has 0 aliphatic rings. The van der Waals surface area contributed by atoms with Gasteiger partial charge in [0, 0.05) is 12.9 Å². The van der Waals surface area contributed by atoms with E-state index in [1.54, 1.807) is 19.1 Å². The van der Waals surface area contributed by atoms with Gasteiger partial charge in [-0.05, 0) is 38.1 Å². The Labute approximate surface area is 125 Å². The van der Waals surface area contributed by atoms with Crippen LogP contribution in [0, 0.1) is 5.41 Å². The second-order valence-corrected chi connectivity index (χ2v) is 5.54. The first-order valence-electron chi connectivity index (χ1n) is 6.49. The van der Waals surface area contributed by atoms with Gasteiger partial charge in [-0.25, -0.2) is 0 Å². The molecule has 0 aliphatic carbocycles. The molecule has 0 saturated heterocycles. The van der Waals surface area contributed by atoms with Gasteiger partial charge in [0.2, 0.25) is 5.91 Å². The predicted octanol–water partition coefficient (Wildman–Crippen LogP) is 2.80. The number of benzene rings is 1. The Bertz CT molecular complexity index is 431. The lowest BCUT2D eigenvalue weighted by molar-refractivity contribution is -0.138. The van der Waals surface area contributed by atoms with Crippen molar-refractivity contribution in [2.24, 2.45) is 5.41 Å². The van der Waals surface area contributed by atoms with Gasteiger partial charge in [-0.15, -0.1) is 11.6 Å². The molecule has 0 aliphatic heterocycles. The van der Waals surface area contributed by atoms with E-state index in [4.69, 9.17) is 21.1 Å². The van der Waals surface area contributed by atoms with E-state index in [0.29, 0.717) is 19.0 Å². The molecule has 1 aromatic rings. The minimum atomic E-state index is -0.545. The molecule has 0 radical (unpaired) electrons. The molecule has 0 N–H and O–H groups in total. The number of likely N-dealkylation sites (N-methyl/N-ethyl adjacent to an activating group) is 1. The minimum absolute atomic E-state index is 0.0193. The molecule has 1 aromatic carbocycles. The van der Waals surface area contributed by atoms with Gasteiger partial charge in [0.25, 0.3) is 0 Å². The molecule has 0 saturated carbocycles. The number of hydrogen-bond acceptors (Lipinski definition) is 3. The Morgan fingerprint density at radius 2 is 1.80 bits per heavy atom. The van der Waals surface area contributed by atoms with E-state index in [2.05, 4.69) is 0 Å². The van der Waals surface area contributed by atoms with Gasteiger partial charge in [0.15, 0.2) is 0 Å². The average Bonchev–Trinajstić information content (AvgIpc) is 2.47. The molecule has 0 aromatic heterocycles. The molecule has 0 heterocycles. The summed E-state index contributed by atoms with van der Waals surface area (Å²) in [6.07, 6.45) is 0. The largest absolute Gasteiger partial charge is 0.497 e. The first-order valence-corrected chi connectivity index (χ1v) is 7.02. The van der Waals surface area contributed by atoms with Crippen molar-refractivity contribution < 1.29 is 14.3 Å². The van der Waals surface area contributed by atoms with Crippen LogP contribution in [0.1, 0.15) is 13.8 Å². The number of halogens is 1. The predicted molar refractivity (Wildman–Crippen MR) is 80.6 cm³/mol. The van der Waals surface area contributed by atoms with E-state index in [0.717, 1.165) is 11.5 Å². The molecule has 20 heavy (non-hydrogen) atoms. The number of nitrogens with zero attached hydrogens (tertiary/aromatic N) is 1. The van der Waals surface area contributed by atoms with Crippen molar-refractivity contribution in [3.05, 3.63) is 24.3 Å². The summed E-state index contributed by atoms with van der Waals surface area (Å²) < 4.78 is 10.7. The lowest BCUT2D eigenvalue weighted by Crippen LogP contribution is -2.41. The second kappa shape index (κ2) is 7.39. The number of carbonyl (C=O) groups excluding carboxylic acids is 1. The van der Waals surface area contributed by atoms with Crippen molar-refractivity contribution >= 4 is 17.5 Å². The summed E-state index contributed by atoms with van der Waals surface area (Å²) in [5.41, 5.74) is -0.545. The van der Waals surface area contributed by atoms with Gasteiger partial charge in [-0.1, -0.05) is 0 Å². The van der Waals surface area contributed by atoms with Crippen molar-refractivity contribution in [2.45, 2.75) is 13.8 Å². The number of ether oxygens (including phenoxy) is 2. The highest BCUT2D eigenvalue weighted by Crippen LogP contribution is 2.20. The zero-order valence-corrected chi connectivity index (χ0v) is 13.2. The molecule has 0 bridgehead atoms. The average molecular weight is 300 g/mol. The summed E-state index contributed by atoms with van der Waals surface area (Å²) in [5.74, 6) is 1.86. The summed E-state index contributed by atoms with van der Waals surface area (Å²) in [6, 6.07) is 7.34. The van der Waals surface area contributed by atoms with E-state index < -0.39 is 5.41 Å². The third kappa shape index (κ3) is 4.60. The lowest BCUT2D eigenvalue weighted by Gasteiger charge is -2.27. The maximum absolute atomic E-state index is 12.1. The van der Waals surface area contributed by atoms with Crippen molar-refractivity contribution in [3.8, 4) is 11.5 Å². The Balaban J connectivity index is 2.41. The third-order valence-electron chi connectivity index (χ3n) is 3.01. The van der Waals surface area contributed by atoms with Crippen LogP contribution in [0.4, 0.5) is 0 Å². The van der Waals surface area contributed by atoms with Crippen LogP contribution in [0.5, 0.6) is 11.5 Å². The Morgan fingerprint density at radius 1 is 1.25 bits per heavy atom. The summed E-state index contributed by atoms with van der Waals surface area (Å²) in [7, 11) is 3.38. The first-order chi connectivity index (χ1) is 9.40. The standard InChI is InChI=1S/C15H22ClNO3/c1-15(2,11-16)14(18)17(3)9-10-20-13-7-5-12(19-4)6-8-13/h5-8H,9-11H2,1-4H3. The summed E-state index contributed by atoms with van der Waals surface area (Å²) in [6.45, 7) is 4.63. The minimum Gasteiger partial charge on any atom is -0.497 e. The first kappa shape index (κ1) is 16.6. The van der Waals surface area contributed by atoms with Crippen molar-refractivity contribution in [3.63, 3.8) is 0 Å². The van der Waals surface area contributed by atoms with Crippen LogP contribution in [0.25, 0.3) is 0 Å². The number of amides is 1. The highest BCUT2D eigenvalue weighted by molar-refractivity contribution is 6.19. The maximum atomic E-state index is 12.1. The van der Waals surface area contributed by atoms with E-state index >= 15 is 0 Å². The van der Waals surface area contributed by atoms with Crippen LogP contribution < -0.4 is 9.47 Å². The fourth-order valence-corrected chi connectivity index (χ4v) is 1.76. The molecular weight excluding hydrogens is 278 g/mol. The molecule has 1 rings (SSSR count). The number of alkyl halides is 1. The van der Waals surface area contributed by atoms with Crippen molar-refractivity contribution in [2.75, 3.05) is 33.2 Å². The number of carbonyl (C=O) groups is 1. The Kier molecular flexibility index (Phi) is 6.14. The summed E-state index contributed by atoms with van der Waals surface area (Å²) >= 11 is 5.80. The normalized spacial score (nSPS) is 11.1. The third-order valence-corrected chi connectivity index (χ3v) is 3.68. The Hall–Kier alpha value is -1.42. The molecule has 0 fully saturated rings. The van der Waals surface area contributed by atoms with Gasteiger partial charge in [-0.3, -0.25) is 4.79 Å². The molecule has 4 nitrogen and oxygen atoms in total. The monoisotopic (exact) mass is 299 g/mol. The van der Waals surface area contributed by atoms with Crippen LogP contribution in [0.3, 0.4) is 0 Å². The van der Waals surface area contributed by atoms with Crippen LogP contribution in [0.2, 0.25) is 0 Å². The number of rotatable bonds is 7. The Morgan fingerprint density at radius 3 is 2.30 bits per heavy atom. The summed E-state index contributed by atoms with van der Waals surface area (Å²) in [5, 5.41) is 0. The van der Waals surface area contributed by atoms with Crippen molar-refractivity contribution in [1.82, 2.24) is 4.90 Å². The van der Waals surface area contributed by atoms with E-state index in [1.807, 2.05) is 38.1 Å². The highest BCUT2D eigenvalue weighted by Gasteiger charge is 2.29. The topological polar surface area (TPSA) is 38.8 Å². The number of hydrogen-bond donors (Lipinski definition) is 0. The quantitative estimate of drug-likeness (QED) is 0.727. The van der Waals surface area contributed by atoms with Gasteiger partial charge < -0.3 is 14.4 Å². The van der Waals surface area contributed by atoms with Gasteiger partial charge in [0.1, 0.15) is 18.1 Å². The van der Waals surface area contributed by atoms with Crippen LogP contribution in [-0.2, 0) is 4.79 Å². The zero-order valence-electron chi connectivity index (χ0n) is 12.5. The molecular formula is C15H22ClNO3. The van der Waals surface area contributed by atoms with Crippen molar-refractivity contribution in [1.29, 1.82) is 0 Å². The van der Waals surface area contributed by atoms with E-state index in [-0.39, 0.29) is 5.91 Å². The second-order valence-electron chi connectivity index (χ2n) is 5.27. The highest BCUT2D eigenvalue weighted by atomic mass is 35.5. The molecule has 0 atom stereocenters. The fraction of sp³-hybridized carbons (Fsp3) is 0.533. The molecule has 1 amide bonds. The molecule has 0 unspecified atom stereocenters. The maximum Gasteiger partial charge on any atom is 0.229 e. The SMILES string of the molecule is COc1ccc(OCCN(C)C(=O)C(C)(C)CCl)cc1. The smallest absolute Gasteiger partial charge is 0.229 e. The number of methoxy groups -OCH3 is 1. The fourth-order valence-electron chi connectivity index (χ4n) is 1.65. The summed E-state index contributed by atoms with van der Waals surface area (Å²) in [4.78, 5) is 13.7. The molecule has 112 valence electrons. The van der Waals surface area contributed by atoms with Gasteiger partial charge in [0.05, 0.1) is 19.1 Å². The molecule has 0 spiro atoms. The van der Waals surface area contributed by atoms with E-state index in [9.17, 15) is 4.79 Å². The molecule has 5 heteroatoms. The van der Waals surface area contributed by atoms with Gasteiger partial charge >= 0.3 is 0 Å². The van der Waals surface area contributed by atoms with Crippen LogP contribution >= 0.6 is 11.6 Å².